The van der Waals surface area contributed by atoms with Gasteiger partial charge in [0.15, 0.2) is 0 Å². The van der Waals surface area contributed by atoms with Crippen molar-refractivity contribution in [3.05, 3.63) is 168 Å². The maximum atomic E-state index is 5.39. The Hall–Kier alpha value is -5.92. The van der Waals surface area contributed by atoms with Gasteiger partial charge in [0, 0.05) is 45.3 Å². The minimum atomic E-state index is 0.829. The van der Waals surface area contributed by atoms with E-state index >= 15 is 0 Å². The van der Waals surface area contributed by atoms with E-state index < -0.39 is 0 Å². The summed E-state index contributed by atoms with van der Waals surface area (Å²) >= 11 is 0. The van der Waals surface area contributed by atoms with Crippen molar-refractivity contribution in [2.45, 2.75) is 13.8 Å². The quantitative estimate of drug-likeness (QED) is 0.162. The molecule has 0 N–H and O–H groups in total. The normalized spacial score (nSPS) is 10.4. The summed E-state index contributed by atoms with van der Waals surface area (Å²) in [5.74, 6) is 8.35. The molecule has 6 aromatic rings. The molecule has 0 unspecified atom stereocenters. The molecule has 0 saturated carbocycles. The first-order chi connectivity index (χ1) is 22.5. The fraction of sp³-hybridized carbons (Fsp3) is 0.0952. The first kappa shape index (κ1) is 30.1. The molecule has 6 rings (SSSR count). The van der Waals surface area contributed by atoms with Gasteiger partial charge in [0.25, 0.3) is 0 Å². The van der Waals surface area contributed by atoms with Crippen LogP contribution < -0.4 is 19.3 Å². The van der Waals surface area contributed by atoms with Crippen molar-refractivity contribution >= 4 is 34.1 Å². The minimum Gasteiger partial charge on any atom is -0.497 e. The Labute approximate surface area is 272 Å². The highest BCUT2D eigenvalue weighted by molar-refractivity contribution is 5.78. The lowest BCUT2D eigenvalue weighted by Crippen LogP contribution is -2.10. The first-order valence-corrected chi connectivity index (χ1v) is 15.2. The number of benzene rings is 6. The van der Waals surface area contributed by atoms with Gasteiger partial charge in [0.1, 0.15) is 11.5 Å². The standard InChI is InChI=1S/C42H36N2O2/c1-31-5-15-35(16-6-31)43(39-23-27-41(45-3)28-24-39)37-19-11-33(12-20-37)9-10-34-13-21-38(22-14-34)44(36-17-7-32(2)8-18-36)40-25-29-42(46-4)30-26-40/h5-8,11-30H,1-4H3. The van der Waals surface area contributed by atoms with Gasteiger partial charge in [-0.05, 0) is 135 Å². The highest BCUT2D eigenvalue weighted by atomic mass is 16.5. The van der Waals surface area contributed by atoms with Gasteiger partial charge in [-0.15, -0.1) is 0 Å². The molecule has 6 aromatic carbocycles. The van der Waals surface area contributed by atoms with Crippen molar-refractivity contribution in [2.24, 2.45) is 0 Å². The fourth-order valence-corrected chi connectivity index (χ4v) is 5.28. The SMILES string of the molecule is COc1ccc(N(c2ccc(C)cc2)c2ccc(C#Cc3ccc(N(c4ccc(C)cc4)c4ccc(OC)cc4)cc3)cc2)cc1. The summed E-state index contributed by atoms with van der Waals surface area (Å²) < 4.78 is 10.8. The van der Waals surface area contributed by atoms with E-state index in [9.17, 15) is 0 Å². The van der Waals surface area contributed by atoms with Crippen molar-refractivity contribution in [1.29, 1.82) is 0 Å². The van der Waals surface area contributed by atoms with E-state index in [1.807, 2.05) is 24.3 Å². The van der Waals surface area contributed by atoms with Gasteiger partial charge in [0.05, 0.1) is 14.2 Å². The van der Waals surface area contributed by atoms with Crippen LogP contribution in [0.4, 0.5) is 34.1 Å². The largest absolute Gasteiger partial charge is 0.497 e. The second-order valence-electron chi connectivity index (χ2n) is 11.1. The number of ether oxygens (including phenoxy) is 2. The third kappa shape index (κ3) is 6.90. The Morgan fingerprint density at radius 3 is 0.848 bits per heavy atom. The van der Waals surface area contributed by atoms with Gasteiger partial charge in [0.2, 0.25) is 0 Å². The zero-order chi connectivity index (χ0) is 31.9. The molecule has 226 valence electrons. The molecule has 46 heavy (non-hydrogen) atoms. The summed E-state index contributed by atoms with van der Waals surface area (Å²) in [5, 5.41) is 0. The van der Waals surface area contributed by atoms with E-state index in [0.29, 0.717) is 0 Å². The van der Waals surface area contributed by atoms with Crippen LogP contribution in [0.2, 0.25) is 0 Å². The number of hydrogen-bond acceptors (Lipinski definition) is 4. The molecule has 0 spiro atoms. The van der Waals surface area contributed by atoms with Gasteiger partial charge in [-0.2, -0.15) is 0 Å². The lowest BCUT2D eigenvalue weighted by Gasteiger charge is -2.26. The van der Waals surface area contributed by atoms with E-state index in [1.165, 1.54) is 11.1 Å². The third-order valence-electron chi connectivity index (χ3n) is 7.85. The van der Waals surface area contributed by atoms with Gasteiger partial charge in [-0.25, -0.2) is 0 Å². The molecule has 0 saturated heterocycles. The molecule has 0 fully saturated rings. The smallest absolute Gasteiger partial charge is 0.119 e. The Bertz CT molecular complexity index is 1790. The average Bonchev–Trinajstić information content (AvgIpc) is 3.11. The van der Waals surface area contributed by atoms with Crippen LogP contribution in [0.15, 0.2) is 146 Å². The van der Waals surface area contributed by atoms with Crippen LogP contribution in [0.5, 0.6) is 11.5 Å². The highest BCUT2D eigenvalue weighted by Gasteiger charge is 2.14. The molecular formula is C42H36N2O2. The Morgan fingerprint density at radius 1 is 0.348 bits per heavy atom. The molecule has 4 heteroatoms. The predicted octanol–water partition coefficient (Wildman–Crippen LogP) is 10.7. The molecular weight excluding hydrogens is 564 g/mol. The summed E-state index contributed by atoms with van der Waals surface area (Å²) in [6.07, 6.45) is 0. The highest BCUT2D eigenvalue weighted by Crippen LogP contribution is 2.37. The van der Waals surface area contributed by atoms with Crippen molar-refractivity contribution in [3.63, 3.8) is 0 Å². The molecule has 0 aliphatic rings. The van der Waals surface area contributed by atoms with Gasteiger partial charge in [-0.3, -0.25) is 0 Å². The van der Waals surface area contributed by atoms with Crippen molar-refractivity contribution < 1.29 is 9.47 Å². The summed E-state index contributed by atoms with van der Waals surface area (Å²) in [6.45, 7) is 4.20. The maximum Gasteiger partial charge on any atom is 0.119 e. The topological polar surface area (TPSA) is 24.9 Å². The number of rotatable bonds is 8. The number of nitrogens with zero attached hydrogens (tertiary/aromatic N) is 2. The second-order valence-corrected chi connectivity index (χ2v) is 11.1. The second kappa shape index (κ2) is 13.8. The molecule has 0 radical (unpaired) electrons. The first-order valence-electron chi connectivity index (χ1n) is 15.2. The van der Waals surface area contributed by atoms with Crippen molar-refractivity contribution in [3.8, 4) is 23.3 Å². The van der Waals surface area contributed by atoms with E-state index in [-0.39, 0.29) is 0 Å². The van der Waals surface area contributed by atoms with Crippen LogP contribution in [0.25, 0.3) is 0 Å². The zero-order valence-electron chi connectivity index (χ0n) is 26.6. The Balaban J connectivity index is 1.25. The Morgan fingerprint density at radius 2 is 0.587 bits per heavy atom. The summed E-state index contributed by atoms with van der Waals surface area (Å²) in [7, 11) is 3.37. The van der Waals surface area contributed by atoms with E-state index in [4.69, 9.17) is 9.47 Å². The van der Waals surface area contributed by atoms with Gasteiger partial charge in [-0.1, -0.05) is 47.2 Å². The van der Waals surface area contributed by atoms with Crippen LogP contribution in [0, 0.1) is 25.7 Å². The van der Waals surface area contributed by atoms with Crippen molar-refractivity contribution in [2.75, 3.05) is 24.0 Å². The van der Waals surface area contributed by atoms with E-state index in [1.54, 1.807) is 14.2 Å². The van der Waals surface area contributed by atoms with Crippen LogP contribution in [0.1, 0.15) is 22.3 Å². The summed E-state index contributed by atoms with van der Waals surface area (Å²) in [5.41, 5.74) is 10.7. The molecule has 0 heterocycles. The maximum absolute atomic E-state index is 5.39. The molecule has 4 nitrogen and oxygen atoms in total. The molecule has 0 aliphatic carbocycles. The van der Waals surface area contributed by atoms with Crippen LogP contribution in [-0.2, 0) is 0 Å². The predicted molar refractivity (Wildman–Crippen MR) is 191 cm³/mol. The third-order valence-corrected chi connectivity index (χ3v) is 7.85. The summed E-state index contributed by atoms with van der Waals surface area (Å²) in [4.78, 5) is 4.47. The van der Waals surface area contributed by atoms with Crippen molar-refractivity contribution in [1.82, 2.24) is 0 Å². The molecule has 0 aromatic heterocycles. The summed E-state index contributed by atoms with van der Waals surface area (Å²) in [6, 6.07) is 50.1. The monoisotopic (exact) mass is 600 g/mol. The minimum absolute atomic E-state index is 0.829. The number of hydrogen-bond donors (Lipinski definition) is 0. The Kier molecular flexibility index (Phi) is 9.04. The van der Waals surface area contributed by atoms with Crippen LogP contribution in [-0.4, -0.2) is 14.2 Å². The number of anilines is 6. The van der Waals surface area contributed by atoms with Crippen LogP contribution in [0.3, 0.4) is 0 Å². The van der Waals surface area contributed by atoms with E-state index in [2.05, 4.69) is 157 Å². The van der Waals surface area contributed by atoms with Gasteiger partial charge >= 0.3 is 0 Å². The van der Waals surface area contributed by atoms with E-state index in [0.717, 1.165) is 56.8 Å². The lowest BCUT2D eigenvalue weighted by atomic mass is 10.1. The van der Waals surface area contributed by atoms with Crippen LogP contribution >= 0.6 is 0 Å². The van der Waals surface area contributed by atoms with Gasteiger partial charge < -0.3 is 19.3 Å². The number of methoxy groups -OCH3 is 2. The average molecular weight is 601 g/mol. The molecule has 0 bridgehead atoms. The molecule has 0 atom stereocenters. The number of aryl methyl sites for hydroxylation is 2. The fourth-order valence-electron chi connectivity index (χ4n) is 5.28. The molecule has 0 amide bonds. The molecule has 0 aliphatic heterocycles. The lowest BCUT2D eigenvalue weighted by molar-refractivity contribution is 0.414. The zero-order valence-corrected chi connectivity index (χ0v) is 26.6.